The number of isocyanates is 2. The molecule has 1 heterocycles. The van der Waals surface area contributed by atoms with E-state index in [0.717, 1.165) is 13.7 Å². The Labute approximate surface area is 190 Å². The number of hydrogen-bond acceptors (Lipinski definition) is 9. The lowest BCUT2D eigenvalue weighted by Crippen LogP contribution is -2.54. The Balaban J connectivity index is 2.96. The summed E-state index contributed by atoms with van der Waals surface area (Å²) in [4.78, 5) is 65.8. The smallest absolute Gasteiger partial charge is 0.336 e. The monoisotopic (exact) mass is 462 g/mol. The van der Waals surface area contributed by atoms with E-state index in [9.17, 15) is 24.0 Å². The molecule has 0 aliphatic rings. The molecule has 0 aliphatic heterocycles. The van der Waals surface area contributed by atoms with Crippen molar-refractivity contribution in [1.29, 1.82) is 5.26 Å². The van der Waals surface area contributed by atoms with Crippen molar-refractivity contribution in [2.75, 3.05) is 19.7 Å². The fraction of sp³-hybridized carbons (Fsp3) is 0.714. The molecule has 0 saturated carbocycles. The maximum atomic E-state index is 12.9. The molecule has 12 nitrogen and oxygen atoms in total. The molecule has 0 fully saturated rings. The summed E-state index contributed by atoms with van der Waals surface area (Å²) in [5.41, 5.74) is -1.91. The molecule has 0 bridgehead atoms. The minimum Gasteiger partial charge on any atom is -0.428 e. The van der Waals surface area contributed by atoms with Crippen molar-refractivity contribution in [3.63, 3.8) is 0 Å². The molecule has 12 heteroatoms. The van der Waals surface area contributed by atoms with Crippen molar-refractivity contribution in [2.24, 2.45) is 9.98 Å². The Kier molecular flexibility index (Phi) is 14.2. The van der Waals surface area contributed by atoms with Crippen molar-refractivity contribution in [1.82, 2.24) is 13.7 Å². The van der Waals surface area contributed by atoms with Crippen LogP contribution in [-0.2, 0) is 34.0 Å². The highest BCUT2D eigenvalue weighted by Crippen LogP contribution is 2.00. The van der Waals surface area contributed by atoms with Gasteiger partial charge in [0.05, 0.1) is 13.1 Å². The van der Waals surface area contributed by atoms with Crippen LogP contribution < -0.4 is 17.1 Å². The predicted molar refractivity (Wildman–Crippen MR) is 118 cm³/mol. The zero-order valence-corrected chi connectivity index (χ0v) is 18.7. The van der Waals surface area contributed by atoms with Gasteiger partial charge in [-0.3, -0.25) is 0 Å². The van der Waals surface area contributed by atoms with Gasteiger partial charge in [0.15, 0.2) is 0 Å². The second-order valence-electron chi connectivity index (χ2n) is 7.37. The molecule has 1 rings (SSSR count). The summed E-state index contributed by atoms with van der Waals surface area (Å²) in [6.45, 7) is 1.43. The van der Waals surface area contributed by atoms with Crippen molar-refractivity contribution >= 4 is 12.2 Å². The van der Waals surface area contributed by atoms with Crippen molar-refractivity contribution < 1.29 is 14.3 Å². The Hall–Kier alpha value is -3.54. The molecule has 0 aliphatic carbocycles. The van der Waals surface area contributed by atoms with Crippen LogP contribution in [0.5, 0.6) is 0 Å². The van der Waals surface area contributed by atoms with E-state index >= 15 is 0 Å². The second-order valence-corrected chi connectivity index (χ2v) is 7.37. The van der Waals surface area contributed by atoms with Crippen LogP contribution in [0.15, 0.2) is 24.4 Å². The van der Waals surface area contributed by atoms with Gasteiger partial charge >= 0.3 is 17.1 Å². The van der Waals surface area contributed by atoms with Crippen LogP contribution in [-0.4, -0.2) is 45.6 Å². The Morgan fingerprint density at radius 2 is 1.03 bits per heavy atom. The van der Waals surface area contributed by atoms with Crippen LogP contribution in [0.3, 0.4) is 0 Å². The maximum absolute atomic E-state index is 12.9. The van der Waals surface area contributed by atoms with E-state index in [2.05, 4.69) is 14.7 Å². The molecular weight excluding hydrogens is 432 g/mol. The van der Waals surface area contributed by atoms with Gasteiger partial charge in [-0.1, -0.05) is 0 Å². The predicted octanol–water partition coefficient (Wildman–Crippen LogP) is 0.852. The van der Waals surface area contributed by atoms with E-state index in [0.29, 0.717) is 70.9 Å². The fourth-order valence-corrected chi connectivity index (χ4v) is 3.29. The molecule has 0 N–H and O–H groups in total. The Morgan fingerprint density at radius 3 is 1.39 bits per heavy atom. The zero-order chi connectivity index (χ0) is 24.3. The zero-order valence-electron chi connectivity index (χ0n) is 18.7. The molecule has 0 aromatic carbocycles. The van der Waals surface area contributed by atoms with Gasteiger partial charge in [-0.2, -0.15) is 5.26 Å². The number of nitriles is 1. The lowest BCUT2D eigenvalue weighted by Gasteiger charge is -2.14. The number of aliphatic imine (C=N–C) groups is 2. The van der Waals surface area contributed by atoms with E-state index in [4.69, 9.17) is 5.26 Å². The molecule has 0 saturated heterocycles. The molecular formula is C21H30N6O6. The van der Waals surface area contributed by atoms with E-state index in [1.165, 1.54) is 12.2 Å². The highest BCUT2D eigenvalue weighted by atomic mass is 16.5. The van der Waals surface area contributed by atoms with Crippen LogP contribution >= 0.6 is 0 Å². The summed E-state index contributed by atoms with van der Waals surface area (Å²) < 4.78 is 7.87. The average Bonchev–Trinajstić information content (AvgIpc) is 2.81. The number of nitrogens with zero attached hydrogens (tertiary/aromatic N) is 6. The number of aromatic nitrogens is 3. The maximum Gasteiger partial charge on any atom is 0.336 e. The molecule has 1 aromatic heterocycles. The van der Waals surface area contributed by atoms with E-state index in [-0.39, 0.29) is 26.2 Å². The van der Waals surface area contributed by atoms with Gasteiger partial charge in [0.25, 0.3) is 6.26 Å². The largest absolute Gasteiger partial charge is 0.428 e. The normalized spacial score (nSPS) is 10.2. The number of unbranched alkanes of at least 4 members (excludes halogenated alkanes) is 6. The van der Waals surface area contributed by atoms with E-state index in [1.807, 2.05) is 0 Å². The third kappa shape index (κ3) is 10.1. The van der Waals surface area contributed by atoms with Crippen molar-refractivity contribution in [3.8, 4) is 6.26 Å². The topological polar surface area (TPSA) is 158 Å². The number of carbonyl (C=O) groups excluding carboxylic acids is 2. The molecule has 0 radical (unpaired) electrons. The molecule has 1 aromatic rings. The van der Waals surface area contributed by atoms with Gasteiger partial charge in [0, 0.05) is 19.6 Å². The third-order valence-electron chi connectivity index (χ3n) is 5.01. The van der Waals surface area contributed by atoms with Crippen LogP contribution in [0.4, 0.5) is 0 Å². The van der Waals surface area contributed by atoms with Gasteiger partial charge in [0.1, 0.15) is 6.61 Å². The number of ether oxygens (including phenoxy) is 1. The van der Waals surface area contributed by atoms with Crippen LogP contribution in [0.1, 0.15) is 57.8 Å². The summed E-state index contributed by atoms with van der Waals surface area (Å²) >= 11 is 0. The quantitative estimate of drug-likeness (QED) is 0.135. The first-order chi connectivity index (χ1) is 16.1. The van der Waals surface area contributed by atoms with Gasteiger partial charge in [0.2, 0.25) is 12.2 Å². The van der Waals surface area contributed by atoms with Gasteiger partial charge in [-0.05, 0) is 57.8 Å². The van der Waals surface area contributed by atoms with E-state index in [1.54, 1.807) is 6.26 Å². The summed E-state index contributed by atoms with van der Waals surface area (Å²) in [6, 6.07) is 0. The van der Waals surface area contributed by atoms with Crippen LogP contribution in [0, 0.1) is 11.5 Å². The lowest BCUT2D eigenvalue weighted by atomic mass is 10.2. The molecule has 180 valence electrons. The molecule has 0 unspecified atom stereocenters. The lowest BCUT2D eigenvalue weighted by molar-refractivity contribution is 0.259. The molecule has 0 spiro atoms. The molecule has 33 heavy (non-hydrogen) atoms. The first-order valence-corrected chi connectivity index (χ1v) is 11.1. The first kappa shape index (κ1) is 27.5. The summed E-state index contributed by atoms with van der Waals surface area (Å²) in [6.07, 6.45) is 9.94. The van der Waals surface area contributed by atoms with Gasteiger partial charge in [-0.15, -0.1) is 0 Å². The van der Waals surface area contributed by atoms with Crippen molar-refractivity contribution in [3.05, 3.63) is 31.5 Å². The first-order valence-electron chi connectivity index (χ1n) is 11.1. The Morgan fingerprint density at radius 1 is 0.636 bits per heavy atom. The summed E-state index contributed by atoms with van der Waals surface area (Å²) in [5, 5.41) is 8.38. The summed E-state index contributed by atoms with van der Waals surface area (Å²) in [7, 11) is 0. The fourth-order valence-electron chi connectivity index (χ4n) is 3.29. The number of rotatable bonds is 18. The SMILES string of the molecule is N#COCCCCCn1c(=O)n(CCCCCN=C=O)c(=O)n(CCCCCN=C=O)c1=O. The minimum atomic E-state index is -0.638. The van der Waals surface area contributed by atoms with Gasteiger partial charge in [-0.25, -0.2) is 47.7 Å². The summed E-state index contributed by atoms with van der Waals surface area (Å²) in [5.74, 6) is 0. The second kappa shape index (κ2) is 17.1. The van der Waals surface area contributed by atoms with E-state index < -0.39 is 17.1 Å². The van der Waals surface area contributed by atoms with Crippen LogP contribution in [0.25, 0.3) is 0 Å². The highest BCUT2D eigenvalue weighted by Gasteiger charge is 2.15. The minimum absolute atomic E-state index is 0.159. The number of hydrogen-bond donors (Lipinski definition) is 0. The molecule has 0 atom stereocenters. The van der Waals surface area contributed by atoms with Gasteiger partial charge < -0.3 is 4.74 Å². The highest BCUT2D eigenvalue weighted by molar-refractivity contribution is 5.32. The van der Waals surface area contributed by atoms with Crippen molar-refractivity contribution in [2.45, 2.75) is 77.4 Å². The Bertz CT molecular complexity index is 971. The standard InChI is InChI=1S/C21H30N6O6/c22-16-33-15-9-3-8-14-27-20(31)25(12-6-1-4-10-23-17-28)19(30)26(21(27)32)13-7-2-5-11-24-18-29/h1-15H2. The average molecular weight is 463 g/mol. The molecule has 0 amide bonds. The van der Waals surface area contributed by atoms with Crippen LogP contribution in [0.2, 0.25) is 0 Å². The third-order valence-corrected chi connectivity index (χ3v) is 5.01.